The first-order valence-electron chi connectivity index (χ1n) is 6.00. The monoisotopic (exact) mass is 329 g/mol. The summed E-state index contributed by atoms with van der Waals surface area (Å²) in [7, 11) is -3.80. The van der Waals surface area contributed by atoms with Gasteiger partial charge in [-0.2, -0.15) is 0 Å². The van der Waals surface area contributed by atoms with Crippen molar-refractivity contribution in [3.05, 3.63) is 58.6 Å². The molecule has 0 heterocycles. The zero-order valence-electron chi connectivity index (χ0n) is 10.8. The molecule has 2 aromatic carbocycles. The first-order valence-corrected chi connectivity index (χ1v) is 8.20. The normalized spacial score (nSPS) is 11.3. The summed E-state index contributed by atoms with van der Waals surface area (Å²) in [5.41, 5.74) is 0.575. The molecule has 0 unspecified atom stereocenters. The minimum atomic E-state index is -3.80. The Morgan fingerprint density at radius 1 is 0.950 bits per heavy atom. The van der Waals surface area contributed by atoms with Crippen LogP contribution in [-0.2, 0) is 10.0 Å². The van der Waals surface area contributed by atoms with Crippen LogP contribution in [0.15, 0.2) is 53.4 Å². The van der Waals surface area contributed by atoms with Crippen LogP contribution in [0.3, 0.4) is 0 Å². The van der Waals surface area contributed by atoms with Crippen molar-refractivity contribution in [2.24, 2.45) is 0 Å². The molecule has 3 nitrogen and oxygen atoms in total. The van der Waals surface area contributed by atoms with Crippen LogP contribution in [0.2, 0.25) is 10.0 Å². The molecule has 0 N–H and O–H groups in total. The molecule has 0 radical (unpaired) electrons. The fraction of sp³-hybridized carbons (Fsp3) is 0.143. The first-order chi connectivity index (χ1) is 9.48. The van der Waals surface area contributed by atoms with Crippen LogP contribution < -0.4 is 4.31 Å². The summed E-state index contributed by atoms with van der Waals surface area (Å²) in [5, 5.41) is 0.235. The molecule has 2 rings (SSSR count). The van der Waals surface area contributed by atoms with Gasteiger partial charge in [-0.15, -0.1) is 0 Å². The van der Waals surface area contributed by atoms with E-state index in [9.17, 15) is 8.42 Å². The van der Waals surface area contributed by atoms with Gasteiger partial charge < -0.3 is 0 Å². The van der Waals surface area contributed by atoms with Gasteiger partial charge in [-0.1, -0.05) is 47.5 Å². The molecule has 106 valence electrons. The number of nitrogens with zero attached hydrogens (tertiary/aromatic N) is 1. The average Bonchev–Trinajstić information content (AvgIpc) is 2.40. The molecule has 0 bridgehead atoms. The summed E-state index contributed by atoms with van der Waals surface area (Å²) in [4.78, 5) is -0.0611. The highest BCUT2D eigenvalue weighted by Gasteiger charge is 2.28. The number of para-hydroxylation sites is 1. The number of hydrogen-bond acceptors (Lipinski definition) is 2. The number of benzene rings is 2. The third-order valence-electron chi connectivity index (χ3n) is 2.80. The molecule has 6 heteroatoms. The van der Waals surface area contributed by atoms with Crippen molar-refractivity contribution in [2.45, 2.75) is 11.8 Å². The summed E-state index contributed by atoms with van der Waals surface area (Å²) in [5.74, 6) is 0. The van der Waals surface area contributed by atoms with Gasteiger partial charge in [0.25, 0.3) is 10.0 Å². The van der Waals surface area contributed by atoms with Gasteiger partial charge in [0.05, 0.1) is 15.7 Å². The van der Waals surface area contributed by atoms with E-state index < -0.39 is 10.0 Å². The molecular weight excluding hydrogens is 317 g/mol. The summed E-state index contributed by atoms with van der Waals surface area (Å²) in [6.45, 7) is 2.04. The lowest BCUT2D eigenvalue weighted by Crippen LogP contribution is -2.31. The fourth-order valence-electron chi connectivity index (χ4n) is 1.92. The van der Waals surface area contributed by atoms with E-state index in [1.807, 2.05) is 6.07 Å². The smallest absolute Gasteiger partial charge is 0.267 e. The van der Waals surface area contributed by atoms with Gasteiger partial charge in [0, 0.05) is 6.54 Å². The molecule has 0 atom stereocenters. The van der Waals surface area contributed by atoms with Crippen LogP contribution in [0.1, 0.15) is 6.92 Å². The molecule has 0 spiro atoms. The van der Waals surface area contributed by atoms with Gasteiger partial charge in [0.15, 0.2) is 0 Å². The highest BCUT2D eigenvalue weighted by Crippen LogP contribution is 2.33. The van der Waals surface area contributed by atoms with E-state index in [0.717, 1.165) is 0 Å². The minimum Gasteiger partial charge on any atom is -0.267 e. The molecule has 0 fully saturated rings. The van der Waals surface area contributed by atoms with Crippen molar-refractivity contribution in [3.63, 3.8) is 0 Å². The van der Waals surface area contributed by atoms with Gasteiger partial charge in [-0.3, -0.25) is 4.31 Å². The number of hydrogen-bond donors (Lipinski definition) is 0. The Morgan fingerprint density at radius 3 is 2.00 bits per heavy atom. The van der Waals surface area contributed by atoms with Gasteiger partial charge in [0.1, 0.15) is 4.90 Å². The summed E-state index contributed by atoms with van der Waals surface area (Å²) < 4.78 is 26.8. The van der Waals surface area contributed by atoms with Crippen LogP contribution in [0.5, 0.6) is 0 Å². The molecule has 0 aliphatic heterocycles. The molecule has 0 aliphatic rings. The Labute approximate surface area is 128 Å². The first kappa shape index (κ1) is 15.2. The predicted octanol–water partition coefficient (Wildman–Crippen LogP) is 4.21. The highest BCUT2D eigenvalue weighted by atomic mass is 35.5. The number of sulfonamides is 1. The van der Waals surface area contributed by atoms with Gasteiger partial charge in [-0.05, 0) is 31.2 Å². The minimum absolute atomic E-state index is 0.0611. The lowest BCUT2D eigenvalue weighted by Gasteiger charge is -2.23. The standard InChI is InChI=1S/C14H13Cl2NO2S/c1-2-17(11-7-4-3-5-8-11)20(18,19)14-12(15)9-6-10-13(14)16/h3-10H,2H2,1H3. The predicted molar refractivity (Wildman–Crippen MR) is 83.1 cm³/mol. The second-order valence-electron chi connectivity index (χ2n) is 4.06. The number of halogens is 2. The van der Waals surface area contributed by atoms with E-state index in [0.29, 0.717) is 5.69 Å². The average molecular weight is 330 g/mol. The largest absolute Gasteiger partial charge is 0.267 e. The van der Waals surface area contributed by atoms with Crippen LogP contribution in [0, 0.1) is 0 Å². The molecule has 0 aromatic heterocycles. The van der Waals surface area contributed by atoms with Gasteiger partial charge in [0.2, 0.25) is 0 Å². The zero-order valence-corrected chi connectivity index (χ0v) is 13.1. The molecule has 0 amide bonds. The Bertz CT molecular complexity index is 682. The third kappa shape index (κ3) is 2.77. The summed E-state index contributed by atoms with van der Waals surface area (Å²) in [6.07, 6.45) is 0. The second kappa shape index (κ2) is 6.04. The van der Waals surface area contributed by atoms with Crippen molar-refractivity contribution in [2.75, 3.05) is 10.8 Å². The zero-order chi connectivity index (χ0) is 14.8. The number of rotatable bonds is 4. The molecule has 0 aliphatic carbocycles. The maximum atomic E-state index is 12.8. The SMILES string of the molecule is CCN(c1ccccc1)S(=O)(=O)c1c(Cl)cccc1Cl. The van der Waals surface area contributed by atoms with Crippen molar-refractivity contribution in [1.29, 1.82) is 0 Å². The number of anilines is 1. The maximum Gasteiger partial charge on any atom is 0.267 e. The Morgan fingerprint density at radius 2 is 1.50 bits per heavy atom. The van der Waals surface area contributed by atoms with Crippen LogP contribution in [-0.4, -0.2) is 15.0 Å². The van der Waals surface area contributed by atoms with E-state index in [1.165, 1.54) is 16.4 Å². The summed E-state index contributed by atoms with van der Waals surface area (Å²) >= 11 is 12.0. The fourth-order valence-corrected chi connectivity index (χ4v) is 4.50. The molecule has 2 aromatic rings. The van der Waals surface area contributed by atoms with E-state index in [2.05, 4.69) is 0 Å². The van der Waals surface area contributed by atoms with Crippen molar-refractivity contribution in [3.8, 4) is 0 Å². The molecule has 0 saturated heterocycles. The maximum absolute atomic E-state index is 12.8. The van der Waals surface area contributed by atoms with E-state index in [4.69, 9.17) is 23.2 Å². The van der Waals surface area contributed by atoms with Crippen LogP contribution in [0.4, 0.5) is 5.69 Å². The van der Waals surface area contributed by atoms with E-state index in [1.54, 1.807) is 37.3 Å². The summed E-state index contributed by atoms with van der Waals surface area (Å²) in [6, 6.07) is 13.5. The van der Waals surface area contributed by atoms with E-state index in [-0.39, 0.29) is 21.5 Å². The van der Waals surface area contributed by atoms with Crippen molar-refractivity contribution < 1.29 is 8.42 Å². The Hall–Kier alpha value is -1.23. The van der Waals surface area contributed by atoms with Crippen molar-refractivity contribution in [1.82, 2.24) is 0 Å². The lowest BCUT2D eigenvalue weighted by molar-refractivity contribution is 0.592. The molecule has 20 heavy (non-hydrogen) atoms. The Balaban J connectivity index is 2.59. The third-order valence-corrected chi connectivity index (χ3v) is 5.66. The van der Waals surface area contributed by atoms with Crippen molar-refractivity contribution >= 4 is 38.9 Å². The lowest BCUT2D eigenvalue weighted by atomic mass is 10.3. The van der Waals surface area contributed by atoms with Gasteiger partial charge >= 0.3 is 0 Å². The van der Waals surface area contributed by atoms with Crippen LogP contribution >= 0.6 is 23.2 Å². The highest BCUT2D eigenvalue weighted by molar-refractivity contribution is 7.93. The molecular formula is C14H13Cl2NO2S. The molecule has 0 saturated carbocycles. The van der Waals surface area contributed by atoms with Gasteiger partial charge in [-0.25, -0.2) is 8.42 Å². The Kier molecular flexibility index (Phi) is 4.58. The van der Waals surface area contributed by atoms with E-state index >= 15 is 0 Å². The second-order valence-corrected chi connectivity index (χ2v) is 6.67. The quantitative estimate of drug-likeness (QED) is 0.842. The topological polar surface area (TPSA) is 37.4 Å². The van der Waals surface area contributed by atoms with Crippen LogP contribution in [0.25, 0.3) is 0 Å².